The van der Waals surface area contributed by atoms with Crippen LogP contribution in [0.1, 0.15) is 207 Å². The SMILES string of the molecule is C=C1CC[C@@H]2[C@@H](C1)c1c(OC)cc(C(C)(C)CCCCCC)cc1OC2(C)C.CCCCCCC(C)(C)c1cc(OC)c2c(c1)OC(C)(C)[C@@H]1CC=C(C)C[C@@H]21. The second-order valence-corrected chi connectivity index (χ2v) is 20.4. The monoisotopic (exact) mass is 769 g/mol. The molecule has 1 fully saturated rings. The van der Waals surface area contributed by atoms with Crippen molar-refractivity contribution in [1.82, 2.24) is 0 Å². The van der Waals surface area contributed by atoms with Crippen LogP contribution >= 0.6 is 0 Å². The first-order valence-corrected chi connectivity index (χ1v) is 22.5. The van der Waals surface area contributed by atoms with Crippen LogP contribution in [0.5, 0.6) is 23.0 Å². The number of hydrogen-bond donors (Lipinski definition) is 0. The third-order valence-corrected chi connectivity index (χ3v) is 14.3. The summed E-state index contributed by atoms with van der Waals surface area (Å²) in [5.74, 6) is 6.09. The van der Waals surface area contributed by atoms with Gasteiger partial charge in [-0.3, -0.25) is 0 Å². The van der Waals surface area contributed by atoms with Crippen LogP contribution in [0, 0.1) is 11.8 Å². The molecule has 0 unspecified atom stereocenters. The highest BCUT2D eigenvalue weighted by atomic mass is 16.5. The molecule has 2 aromatic carbocycles. The van der Waals surface area contributed by atoms with E-state index in [4.69, 9.17) is 18.9 Å². The van der Waals surface area contributed by atoms with Gasteiger partial charge in [0.2, 0.25) is 0 Å². The first-order valence-electron chi connectivity index (χ1n) is 22.5. The van der Waals surface area contributed by atoms with E-state index in [-0.39, 0.29) is 22.0 Å². The lowest BCUT2D eigenvalue weighted by molar-refractivity contribution is -0.00100. The molecule has 2 aromatic rings. The molecule has 312 valence electrons. The van der Waals surface area contributed by atoms with E-state index in [0.717, 1.165) is 55.1 Å². The highest BCUT2D eigenvalue weighted by Crippen LogP contribution is 2.57. The normalized spacial score (nSPS) is 23.4. The van der Waals surface area contributed by atoms with Crippen LogP contribution < -0.4 is 18.9 Å². The fraction of sp³-hybridized carbons (Fsp3) is 0.692. The summed E-state index contributed by atoms with van der Waals surface area (Å²) in [6, 6.07) is 9.22. The summed E-state index contributed by atoms with van der Waals surface area (Å²) in [5, 5.41) is 0. The molecule has 0 saturated heterocycles. The largest absolute Gasteiger partial charge is 0.496 e. The standard InChI is InChI=1S/2C26H40O2/c2*1-8-9-10-11-14-25(3,4)19-16-22(27-7)24-20-15-18(2)12-13-21(20)26(5,6)28-23(24)17-19/h12,16-17,20-21H,8-11,13-15H2,1-7H3;16-17,20-21H,2,8-15H2,1,3-7H3/t2*20-,21-/m11/s1. The predicted octanol–water partition coefficient (Wildman–Crippen LogP) is 15.1. The van der Waals surface area contributed by atoms with Crippen LogP contribution in [0.4, 0.5) is 0 Å². The summed E-state index contributed by atoms with van der Waals surface area (Å²) >= 11 is 0. The lowest BCUT2D eigenvalue weighted by atomic mass is 9.65. The van der Waals surface area contributed by atoms with E-state index in [2.05, 4.69) is 113 Å². The Morgan fingerprint density at radius 2 is 1.14 bits per heavy atom. The minimum atomic E-state index is -0.149. The van der Waals surface area contributed by atoms with E-state index in [9.17, 15) is 0 Å². The lowest BCUT2D eigenvalue weighted by Crippen LogP contribution is -2.46. The third kappa shape index (κ3) is 9.69. The van der Waals surface area contributed by atoms with E-state index in [1.54, 1.807) is 7.11 Å². The number of hydrogen-bond acceptors (Lipinski definition) is 4. The summed E-state index contributed by atoms with van der Waals surface area (Å²) in [6.07, 6.45) is 20.7. The van der Waals surface area contributed by atoms with Gasteiger partial charge in [-0.2, -0.15) is 0 Å². The number of rotatable bonds is 14. The zero-order chi connectivity index (χ0) is 41.1. The number of ether oxygens (including phenoxy) is 4. The fourth-order valence-corrected chi connectivity index (χ4v) is 10.6. The maximum atomic E-state index is 6.64. The maximum absolute atomic E-state index is 6.64. The molecule has 4 nitrogen and oxygen atoms in total. The van der Waals surface area contributed by atoms with Crippen LogP contribution in [0.25, 0.3) is 0 Å². The molecule has 0 radical (unpaired) electrons. The summed E-state index contributed by atoms with van der Waals surface area (Å²) in [6.45, 7) is 29.6. The highest BCUT2D eigenvalue weighted by molar-refractivity contribution is 5.56. The number of unbranched alkanes of at least 4 members (excludes halogenated alkanes) is 6. The molecular formula is C52H80O4. The van der Waals surface area contributed by atoms with Gasteiger partial charge in [0.15, 0.2) is 0 Å². The van der Waals surface area contributed by atoms with Crippen LogP contribution in [-0.4, -0.2) is 25.4 Å². The minimum Gasteiger partial charge on any atom is -0.496 e. The smallest absolute Gasteiger partial charge is 0.127 e. The Bertz CT molecular complexity index is 1620. The number of methoxy groups -OCH3 is 2. The molecule has 6 rings (SSSR count). The summed E-state index contributed by atoms with van der Waals surface area (Å²) in [4.78, 5) is 0. The zero-order valence-corrected chi connectivity index (χ0v) is 38.1. The van der Waals surface area contributed by atoms with Gasteiger partial charge in [0.25, 0.3) is 0 Å². The molecule has 2 aliphatic heterocycles. The van der Waals surface area contributed by atoms with E-state index in [1.807, 2.05) is 7.11 Å². The van der Waals surface area contributed by atoms with Crippen molar-refractivity contribution >= 4 is 0 Å². The molecule has 4 aliphatic rings. The Morgan fingerprint density at radius 3 is 1.61 bits per heavy atom. The van der Waals surface area contributed by atoms with E-state index in [0.29, 0.717) is 23.7 Å². The van der Waals surface area contributed by atoms with Crippen molar-refractivity contribution in [3.8, 4) is 23.0 Å². The molecule has 4 heteroatoms. The molecule has 0 bridgehead atoms. The van der Waals surface area contributed by atoms with Gasteiger partial charge in [-0.1, -0.05) is 117 Å². The fourth-order valence-electron chi connectivity index (χ4n) is 10.6. The summed E-state index contributed by atoms with van der Waals surface area (Å²) in [7, 11) is 3.62. The average Bonchev–Trinajstić information content (AvgIpc) is 3.13. The van der Waals surface area contributed by atoms with Crippen molar-refractivity contribution in [2.24, 2.45) is 11.8 Å². The highest BCUT2D eigenvalue weighted by Gasteiger charge is 2.48. The van der Waals surface area contributed by atoms with Gasteiger partial charge in [-0.15, -0.1) is 0 Å². The van der Waals surface area contributed by atoms with Gasteiger partial charge in [0.1, 0.15) is 34.2 Å². The first kappa shape index (κ1) is 44.2. The number of allylic oxidation sites excluding steroid dienone is 3. The average molecular weight is 769 g/mol. The number of benzene rings is 2. The minimum absolute atomic E-state index is 0.122. The van der Waals surface area contributed by atoms with E-state index in [1.165, 1.54) is 97.6 Å². The third-order valence-electron chi connectivity index (χ3n) is 14.3. The zero-order valence-electron chi connectivity index (χ0n) is 38.1. The molecule has 4 atom stereocenters. The Labute approximate surface area is 343 Å². The first-order chi connectivity index (χ1) is 26.4. The quantitative estimate of drug-likeness (QED) is 0.142. The van der Waals surface area contributed by atoms with Crippen LogP contribution in [0.2, 0.25) is 0 Å². The van der Waals surface area contributed by atoms with Crippen molar-refractivity contribution in [3.05, 3.63) is 70.3 Å². The molecule has 2 heterocycles. The summed E-state index contributed by atoms with van der Waals surface area (Å²) < 4.78 is 25.2. The van der Waals surface area contributed by atoms with Crippen molar-refractivity contribution in [2.45, 2.75) is 206 Å². The van der Waals surface area contributed by atoms with Crippen LogP contribution in [-0.2, 0) is 10.8 Å². The molecule has 56 heavy (non-hydrogen) atoms. The molecular weight excluding hydrogens is 689 g/mol. The molecule has 2 aliphatic carbocycles. The molecule has 1 saturated carbocycles. The van der Waals surface area contributed by atoms with Crippen LogP contribution in [0.3, 0.4) is 0 Å². The van der Waals surface area contributed by atoms with E-state index < -0.39 is 0 Å². The molecule has 0 aromatic heterocycles. The topological polar surface area (TPSA) is 36.9 Å². The Balaban J connectivity index is 0.000000214. The Hall–Kier alpha value is -2.88. The number of fused-ring (bicyclic) bond motifs is 6. The van der Waals surface area contributed by atoms with Crippen molar-refractivity contribution in [3.63, 3.8) is 0 Å². The van der Waals surface area contributed by atoms with Gasteiger partial charge >= 0.3 is 0 Å². The second-order valence-electron chi connectivity index (χ2n) is 20.4. The van der Waals surface area contributed by atoms with Gasteiger partial charge in [0, 0.05) is 34.8 Å². The van der Waals surface area contributed by atoms with E-state index >= 15 is 0 Å². The van der Waals surface area contributed by atoms with Gasteiger partial charge in [-0.05, 0) is 126 Å². The van der Waals surface area contributed by atoms with Crippen LogP contribution in [0.15, 0.2) is 48.1 Å². The van der Waals surface area contributed by atoms with Gasteiger partial charge < -0.3 is 18.9 Å². The van der Waals surface area contributed by atoms with Crippen molar-refractivity contribution in [1.29, 1.82) is 0 Å². The molecule has 0 spiro atoms. The second kappa shape index (κ2) is 17.9. The molecule has 0 N–H and O–H groups in total. The van der Waals surface area contributed by atoms with Crippen molar-refractivity contribution in [2.75, 3.05) is 14.2 Å². The van der Waals surface area contributed by atoms with Crippen molar-refractivity contribution < 1.29 is 18.9 Å². The van der Waals surface area contributed by atoms with Gasteiger partial charge in [0.05, 0.1) is 14.2 Å². The predicted molar refractivity (Wildman–Crippen MR) is 237 cm³/mol. The molecule has 0 amide bonds. The summed E-state index contributed by atoms with van der Waals surface area (Å²) in [5.41, 5.74) is 8.07. The Morgan fingerprint density at radius 1 is 0.679 bits per heavy atom. The Kier molecular flexibility index (Phi) is 14.2. The lowest BCUT2D eigenvalue weighted by Gasteiger charge is -2.48. The van der Waals surface area contributed by atoms with Gasteiger partial charge in [-0.25, -0.2) is 0 Å². The maximum Gasteiger partial charge on any atom is 0.127 e.